The van der Waals surface area contributed by atoms with Gasteiger partial charge in [-0.15, -0.1) is 0 Å². The Morgan fingerprint density at radius 1 is 1.28 bits per heavy atom. The predicted molar refractivity (Wildman–Crippen MR) is 94.4 cm³/mol. The second kappa shape index (κ2) is 5.72. The van der Waals surface area contributed by atoms with E-state index in [2.05, 4.69) is 29.2 Å². The molecular formula is C19H22N4O2. The Bertz CT molecular complexity index is 849. The van der Waals surface area contributed by atoms with Gasteiger partial charge in [0.2, 0.25) is 5.95 Å². The SMILES string of the molecule is CCOc1ccc(C2C3=C(CC(C)(C)CC3=O)Nc3ncnn32)cc1. The number of rotatable bonds is 3. The molecule has 6 heteroatoms. The number of nitrogens with zero attached hydrogens (tertiary/aromatic N) is 3. The van der Waals surface area contributed by atoms with E-state index in [4.69, 9.17) is 4.74 Å². The lowest BCUT2D eigenvalue weighted by atomic mass is 9.73. The predicted octanol–water partition coefficient (Wildman–Crippen LogP) is 3.33. The van der Waals surface area contributed by atoms with Gasteiger partial charge in [0.25, 0.3) is 0 Å². The zero-order valence-corrected chi connectivity index (χ0v) is 14.7. The van der Waals surface area contributed by atoms with Gasteiger partial charge in [0.15, 0.2) is 5.78 Å². The van der Waals surface area contributed by atoms with Crippen LogP contribution in [0.3, 0.4) is 0 Å². The molecule has 0 saturated carbocycles. The third-order valence-electron chi connectivity index (χ3n) is 4.78. The first kappa shape index (κ1) is 15.9. The van der Waals surface area contributed by atoms with Gasteiger partial charge in [-0.05, 0) is 36.5 Å². The van der Waals surface area contributed by atoms with Crippen LogP contribution in [0.5, 0.6) is 5.75 Å². The summed E-state index contributed by atoms with van der Waals surface area (Å²) in [6, 6.07) is 7.64. The summed E-state index contributed by atoms with van der Waals surface area (Å²) in [4.78, 5) is 17.3. The maximum Gasteiger partial charge on any atom is 0.226 e. The number of Topliss-reactive ketones (excluding diaryl/α,β-unsaturated/α-hetero) is 1. The highest BCUT2D eigenvalue weighted by atomic mass is 16.5. The summed E-state index contributed by atoms with van der Waals surface area (Å²) >= 11 is 0. The molecule has 1 atom stereocenters. The van der Waals surface area contributed by atoms with Crippen LogP contribution < -0.4 is 10.1 Å². The Kier molecular flexibility index (Phi) is 3.63. The number of carbonyl (C=O) groups is 1. The van der Waals surface area contributed by atoms with E-state index in [9.17, 15) is 4.79 Å². The summed E-state index contributed by atoms with van der Waals surface area (Å²) in [5.41, 5.74) is 2.74. The van der Waals surface area contributed by atoms with Crippen LogP contribution >= 0.6 is 0 Å². The zero-order valence-electron chi connectivity index (χ0n) is 14.7. The fraction of sp³-hybridized carbons (Fsp3) is 0.421. The third kappa shape index (κ3) is 2.71. The van der Waals surface area contributed by atoms with E-state index in [1.165, 1.54) is 6.33 Å². The number of benzene rings is 1. The Labute approximate surface area is 146 Å². The smallest absolute Gasteiger partial charge is 0.226 e. The molecule has 1 N–H and O–H groups in total. The van der Waals surface area contributed by atoms with Crippen molar-refractivity contribution in [1.82, 2.24) is 14.8 Å². The number of allylic oxidation sites excluding steroid dienone is 2. The molecule has 1 unspecified atom stereocenters. The average Bonchev–Trinajstić information content (AvgIpc) is 3.01. The Balaban J connectivity index is 1.81. The Hall–Kier alpha value is -2.63. The molecule has 0 saturated heterocycles. The fourth-order valence-corrected chi connectivity index (χ4v) is 3.77. The lowest BCUT2D eigenvalue weighted by molar-refractivity contribution is -0.118. The zero-order chi connectivity index (χ0) is 17.6. The van der Waals surface area contributed by atoms with Crippen molar-refractivity contribution >= 4 is 11.7 Å². The molecule has 0 bridgehead atoms. The molecule has 130 valence electrons. The minimum Gasteiger partial charge on any atom is -0.494 e. The van der Waals surface area contributed by atoms with Crippen molar-refractivity contribution < 1.29 is 9.53 Å². The number of carbonyl (C=O) groups excluding carboxylic acids is 1. The number of nitrogens with one attached hydrogen (secondary N) is 1. The quantitative estimate of drug-likeness (QED) is 0.929. The second-order valence-electron chi connectivity index (χ2n) is 7.39. The molecule has 0 amide bonds. The van der Waals surface area contributed by atoms with Gasteiger partial charge < -0.3 is 10.1 Å². The van der Waals surface area contributed by atoms with Crippen molar-refractivity contribution in [1.29, 1.82) is 0 Å². The van der Waals surface area contributed by atoms with E-state index in [-0.39, 0.29) is 17.2 Å². The lowest BCUT2D eigenvalue weighted by Crippen LogP contribution is -2.36. The molecular weight excluding hydrogens is 316 g/mol. The number of ether oxygens (including phenoxy) is 1. The summed E-state index contributed by atoms with van der Waals surface area (Å²) in [6.07, 6.45) is 2.90. The second-order valence-corrected chi connectivity index (χ2v) is 7.39. The van der Waals surface area contributed by atoms with Crippen molar-refractivity contribution in [3.63, 3.8) is 0 Å². The van der Waals surface area contributed by atoms with Crippen LogP contribution in [0.4, 0.5) is 5.95 Å². The van der Waals surface area contributed by atoms with Crippen molar-refractivity contribution in [2.24, 2.45) is 5.41 Å². The van der Waals surface area contributed by atoms with Crippen molar-refractivity contribution in [2.75, 3.05) is 11.9 Å². The van der Waals surface area contributed by atoms with Crippen molar-refractivity contribution in [2.45, 2.75) is 39.7 Å². The van der Waals surface area contributed by atoms with Gasteiger partial charge in [-0.25, -0.2) is 4.68 Å². The number of ketones is 1. The minimum atomic E-state index is -0.243. The Morgan fingerprint density at radius 3 is 2.76 bits per heavy atom. The third-order valence-corrected chi connectivity index (χ3v) is 4.78. The molecule has 1 aromatic heterocycles. The molecule has 2 aliphatic rings. The first-order chi connectivity index (χ1) is 12.0. The molecule has 1 aromatic carbocycles. The van der Waals surface area contributed by atoms with Gasteiger partial charge >= 0.3 is 0 Å². The molecule has 25 heavy (non-hydrogen) atoms. The van der Waals surface area contributed by atoms with Gasteiger partial charge in [0.1, 0.15) is 18.1 Å². The lowest BCUT2D eigenvalue weighted by Gasteiger charge is -2.38. The summed E-state index contributed by atoms with van der Waals surface area (Å²) < 4.78 is 7.33. The fourth-order valence-electron chi connectivity index (χ4n) is 3.77. The molecule has 2 heterocycles. The number of hydrogen-bond acceptors (Lipinski definition) is 5. The van der Waals surface area contributed by atoms with E-state index >= 15 is 0 Å². The molecule has 6 nitrogen and oxygen atoms in total. The highest BCUT2D eigenvalue weighted by Crippen LogP contribution is 2.45. The van der Waals surface area contributed by atoms with Crippen molar-refractivity contribution in [3.05, 3.63) is 47.4 Å². The van der Waals surface area contributed by atoms with Crippen LogP contribution in [0.2, 0.25) is 0 Å². The molecule has 1 aliphatic carbocycles. The number of aromatic nitrogens is 3. The molecule has 1 aliphatic heterocycles. The standard InChI is InChI=1S/C19H22N4O2/c1-4-25-13-7-5-12(6-8-13)17-16-14(9-19(2,3)10-15(16)24)22-18-20-11-21-23(17)18/h5-8,11,17H,4,9-10H2,1-3H3,(H,20,21,22). The maximum absolute atomic E-state index is 12.9. The highest BCUT2D eigenvalue weighted by Gasteiger charge is 2.41. The van der Waals surface area contributed by atoms with Crippen LogP contribution in [0, 0.1) is 5.41 Å². The van der Waals surface area contributed by atoms with Crippen molar-refractivity contribution in [3.8, 4) is 5.75 Å². The number of anilines is 1. The normalized spacial score (nSPS) is 21.4. The summed E-state index contributed by atoms with van der Waals surface area (Å²) in [6.45, 7) is 6.84. The summed E-state index contributed by atoms with van der Waals surface area (Å²) in [5, 5.41) is 7.68. The molecule has 4 rings (SSSR count). The molecule has 0 radical (unpaired) electrons. The topological polar surface area (TPSA) is 69.0 Å². The van der Waals surface area contributed by atoms with E-state index in [0.29, 0.717) is 19.0 Å². The monoisotopic (exact) mass is 338 g/mol. The van der Waals surface area contributed by atoms with E-state index in [1.807, 2.05) is 31.2 Å². The molecule has 0 spiro atoms. The minimum absolute atomic E-state index is 0.0471. The Morgan fingerprint density at radius 2 is 2.04 bits per heavy atom. The first-order valence-corrected chi connectivity index (χ1v) is 8.64. The van der Waals surface area contributed by atoms with Gasteiger partial charge in [0.05, 0.1) is 6.61 Å². The van der Waals surface area contributed by atoms with Crippen LogP contribution in [0.25, 0.3) is 0 Å². The van der Waals surface area contributed by atoms with Crippen LogP contribution in [-0.4, -0.2) is 27.2 Å². The summed E-state index contributed by atoms with van der Waals surface area (Å²) in [7, 11) is 0. The van der Waals surface area contributed by atoms with E-state index < -0.39 is 0 Å². The van der Waals surface area contributed by atoms with Gasteiger partial charge in [0, 0.05) is 17.7 Å². The van der Waals surface area contributed by atoms with Crippen LogP contribution in [0.1, 0.15) is 45.2 Å². The van der Waals surface area contributed by atoms with Crippen LogP contribution in [-0.2, 0) is 4.79 Å². The highest BCUT2D eigenvalue weighted by molar-refractivity contribution is 6.00. The number of fused-ring (bicyclic) bond motifs is 1. The first-order valence-electron chi connectivity index (χ1n) is 8.64. The van der Waals surface area contributed by atoms with E-state index in [0.717, 1.165) is 29.0 Å². The van der Waals surface area contributed by atoms with Gasteiger partial charge in [-0.1, -0.05) is 26.0 Å². The molecule has 2 aromatic rings. The average molecular weight is 338 g/mol. The van der Waals surface area contributed by atoms with Gasteiger partial charge in [-0.2, -0.15) is 10.1 Å². The maximum atomic E-state index is 12.9. The van der Waals surface area contributed by atoms with E-state index in [1.54, 1.807) is 4.68 Å². The van der Waals surface area contributed by atoms with Crippen LogP contribution in [0.15, 0.2) is 41.9 Å². The number of hydrogen-bond donors (Lipinski definition) is 1. The summed E-state index contributed by atoms with van der Waals surface area (Å²) in [5.74, 6) is 1.69. The van der Waals surface area contributed by atoms with Gasteiger partial charge in [-0.3, -0.25) is 4.79 Å². The molecule has 0 fully saturated rings. The largest absolute Gasteiger partial charge is 0.494 e.